The fraction of sp³-hybridized carbons (Fsp3) is 0.667. The summed E-state index contributed by atoms with van der Waals surface area (Å²) in [4.78, 5) is 16.1. The van der Waals surface area contributed by atoms with Crippen LogP contribution < -0.4 is 5.73 Å². The van der Waals surface area contributed by atoms with E-state index in [1.807, 2.05) is 0 Å². The second-order valence-electron chi connectivity index (χ2n) is 5.59. The van der Waals surface area contributed by atoms with E-state index in [4.69, 9.17) is 5.73 Å². The van der Waals surface area contributed by atoms with Gasteiger partial charge >= 0.3 is 0 Å². The zero-order valence-electron chi connectivity index (χ0n) is 11.4. The molecule has 106 valence electrons. The highest BCUT2D eigenvalue weighted by molar-refractivity contribution is 5.93. The molecule has 0 radical (unpaired) electrons. The summed E-state index contributed by atoms with van der Waals surface area (Å²) >= 11 is 0. The Morgan fingerprint density at radius 1 is 1.47 bits per heavy atom. The first-order valence-corrected chi connectivity index (χ1v) is 6.40. The zero-order chi connectivity index (χ0) is 14.0. The number of nitrogens with two attached hydrogens (primary N) is 1. The summed E-state index contributed by atoms with van der Waals surface area (Å²) in [6, 6.07) is 1.55. The molecule has 4 N–H and O–H groups in total. The molecule has 1 aliphatic heterocycles. The van der Waals surface area contributed by atoms with Gasteiger partial charge in [-0.3, -0.25) is 14.8 Å². The molecule has 0 saturated carbocycles. The smallest absolute Gasteiger partial charge is 0.272 e. The molecule has 1 aromatic rings. The highest BCUT2D eigenvalue weighted by atomic mass is 16.3. The molecule has 1 aliphatic rings. The molecular formula is C12H21N5O2. The van der Waals surface area contributed by atoms with Crippen LogP contribution in [0.3, 0.4) is 0 Å². The Morgan fingerprint density at radius 2 is 2.11 bits per heavy atom. The molecule has 0 unspecified atom stereocenters. The molecule has 1 amide bonds. The molecule has 0 aliphatic carbocycles. The number of rotatable bonds is 3. The highest BCUT2D eigenvalue weighted by Gasteiger charge is 2.26. The second-order valence-corrected chi connectivity index (χ2v) is 5.59. The van der Waals surface area contributed by atoms with Crippen LogP contribution >= 0.6 is 0 Å². The van der Waals surface area contributed by atoms with E-state index in [-0.39, 0.29) is 5.91 Å². The molecule has 1 saturated heterocycles. The van der Waals surface area contributed by atoms with Crippen LogP contribution in [0.1, 0.15) is 24.3 Å². The third kappa shape index (κ3) is 3.68. The average molecular weight is 267 g/mol. The van der Waals surface area contributed by atoms with Gasteiger partial charge in [-0.2, -0.15) is 5.10 Å². The van der Waals surface area contributed by atoms with Crippen LogP contribution in [0.2, 0.25) is 0 Å². The molecule has 0 spiro atoms. The van der Waals surface area contributed by atoms with Gasteiger partial charge in [0, 0.05) is 38.8 Å². The standard InChI is InChI=1S/C12H21N5O2/c1-12(2,19)8-16-3-5-17(6-4-16)11(18)9-7-10(13)15-14-9/h7,19H,3-6,8H2,1-2H3,(H3,13,14,15). The number of hydrogen-bond donors (Lipinski definition) is 3. The van der Waals surface area contributed by atoms with Crippen LogP contribution in [0.4, 0.5) is 5.82 Å². The molecule has 0 atom stereocenters. The van der Waals surface area contributed by atoms with Gasteiger partial charge in [0.1, 0.15) is 11.5 Å². The van der Waals surface area contributed by atoms with Crippen LogP contribution in [0.15, 0.2) is 6.07 Å². The first-order chi connectivity index (χ1) is 8.85. The Balaban J connectivity index is 1.88. The van der Waals surface area contributed by atoms with Crippen LogP contribution in [-0.4, -0.2) is 69.3 Å². The fourth-order valence-corrected chi connectivity index (χ4v) is 2.27. The van der Waals surface area contributed by atoms with E-state index in [1.54, 1.807) is 24.8 Å². The number of piperazine rings is 1. The molecule has 7 nitrogen and oxygen atoms in total. The van der Waals surface area contributed by atoms with Crippen molar-refractivity contribution in [2.24, 2.45) is 0 Å². The number of aliphatic hydroxyl groups is 1. The zero-order valence-corrected chi connectivity index (χ0v) is 11.4. The van der Waals surface area contributed by atoms with Crippen molar-refractivity contribution in [3.05, 3.63) is 11.8 Å². The average Bonchev–Trinajstić information content (AvgIpc) is 2.74. The molecule has 0 aromatic carbocycles. The number of anilines is 1. The van der Waals surface area contributed by atoms with Crippen molar-refractivity contribution in [2.45, 2.75) is 19.4 Å². The summed E-state index contributed by atoms with van der Waals surface area (Å²) in [7, 11) is 0. The van der Waals surface area contributed by atoms with Crippen LogP contribution in [0, 0.1) is 0 Å². The summed E-state index contributed by atoms with van der Waals surface area (Å²) in [5.74, 6) is 0.246. The van der Waals surface area contributed by atoms with E-state index in [0.717, 1.165) is 13.1 Å². The normalized spacial score (nSPS) is 17.7. The lowest BCUT2D eigenvalue weighted by Gasteiger charge is -2.37. The van der Waals surface area contributed by atoms with Gasteiger partial charge in [-0.05, 0) is 13.8 Å². The number of carbonyl (C=O) groups excluding carboxylic acids is 1. The second kappa shape index (κ2) is 5.18. The maximum Gasteiger partial charge on any atom is 0.272 e. The number of nitrogens with zero attached hydrogens (tertiary/aromatic N) is 3. The van der Waals surface area contributed by atoms with E-state index in [9.17, 15) is 9.90 Å². The van der Waals surface area contributed by atoms with Gasteiger partial charge < -0.3 is 15.7 Å². The summed E-state index contributed by atoms with van der Waals surface area (Å²) in [5, 5.41) is 16.2. The molecule has 1 fully saturated rings. The van der Waals surface area contributed by atoms with E-state index < -0.39 is 5.60 Å². The first kappa shape index (κ1) is 13.8. The Labute approximate surface area is 112 Å². The van der Waals surface area contributed by atoms with Gasteiger partial charge in [0.15, 0.2) is 0 Å². The number of aromatic amines is 1. The molecule has 2 heterocycles. The third-order valence-corrected chi connectivity index (χ3v) is 3.10. The van der Waals surface area contributed by atoms with Gasteiger partial charge in [-0.15, -0.1) is 0 Å². The summed E-state index contributed by atoms with van der Waals surface area (Å²) in [5.41, 5.74) is 5.21. The van der Waals surface area contributed by atoms with Crippen molar-refractivity contribution in [1.29, 1.82) is 0 Å². The topological polar surface area (TPSA) is 98.5 Å². The lowest BCUT2D eigenvalue weighted by molar-refractivity contribution is 0.0177. The Kier molecular flexibility index (Phi) is 3.77. The number of amides is 1. The number of aromatic nitrogens is 2. The molecular weight excluding hydrogens is 246 g/mol. The Bertz CT molecular complexity index is 443. The van der Waals surface area contributed by atoms with Crippen molar-refractivity contribution in [3.63, 3.8) is 0 Å². The molecule has 0 bridgehead atoms. The molecule has 7 heteroatoms. The predicted octanol–water partition coefficient (Wildman–Crippen LogP) is -0.479. The number of nitrogens with one attached hydrogen (secondary N) is 1. The lowest BCUT2D eigenvalue weighted by Crippen LogP contribution is -2.52. The van der Waals surface area contributed by atoms with E-state index >= 15 is 0 Å². The fourth-order valence-electron chi connectivity index (χ4n) is 2.27. The molecule has 1 aromatic heterocycles. The number of hydrogen-bond acceptors (Lipinski definition) is 5. The maximum atomic E-state index is 12.1. The maximum absolute atomic E-state index is 12.1. The van der Waals surface area contributed by atoms with E-state index in [2.05, 4.69) is 15.1 Å². The number of carbonyl (C=O) groups is 1. The van der Waals surface area contributed by atoms with Crippen molar-refractivity contribution < 1.29 is 9.90 Å². The minimum Gasteiger partial charge on any atom is -0.389 e. The van der Waals surface area contributed by atoms with Crippen molar-refractivity contribution >= 4 is 11.7 Å². The van der Waals surface area contributed by atoms with Gasteiger partial charge in [0.2, 0.25) is 0 Å². The van der Waals surface area contributed by atoms with Crippen LogP contribution in [0.5, 0.6) is 0 Å². The summed E-state index contributed by atoms with van der Waals surface area (Å²) < 4.78 is 0. The SMILES string of the molecule is CC(C)(O)CN1CCN(C(=O)c2cc(N)n[nH]2)CC1. The summed E-state index contributed by atoms with van der Waals surface area (Å²) in [6.07, 6.45) is 0. The molecule has 2 rings (SSSR count). The van der Waals surface area contributed by atoms with Crippen molar-refractivity contribution in [2.75, 3.05) is 38.5 Å². The molecule has 19 heavy (non-hydrogen) atoms. The van der Waals surface area contributed by atoms with Crippen LogP contribution in [0.25, 0.3) is 0 Å². The quantitative estimate of drug-likeness (QED) is 0.687. The first-order valence-electron chi connectivity index (χ1n) is 6.40. The Morgan fingerprint density at radius 3 is 2.58 bits per heavy atom. The number of β-amino-alcohol motifs (C(OH)–C–C–N with tert-alkyl or cyclic N) is 1. The van der Waals surface area contributed by atoms with E-state index in [0.29, 0.717) is 31.1 Å². The van der Waals surface area contributed by atoms with E-state index in [1.165, 1.54) is 0 Å². The monoisotopic (exact) mass is 267 g/mol. The van der Waals surface area contributed by atoms with Gasteiger partial charge in [0.25, 0.3) is 5.91 Å². The van der Waals surface area contributed by atoms with Gasteiger partial charge in [0.05, 0.1) is 5.60 Å². The highest BCUT2D eigenvalue weighted by Crippen LogP contribution is 2.11. The largest absolute Gasteiger partial charge is 0.389 e. The van der Waals surface area contributed by atoms with Gasteiger partial charge in [-0.25, -0.2) is 0 Å². The lowest BCUT2D eigenvalue weighted by atomic mass is 10.1. The van der Waals surface area contributed by atoms with Gasteiger partial charge in [-0.1, -0.05) is 0 Å². The predicted molar refractivity (Wildman–Crippen MR) is 71.6 cm³/mol. The Hall–Kier alpha value is -1.60. The summed E-state index contributed by atoms with van der Waals surface area (Å²) in [6.45, 7) is 7.02. The number of H-pyrrole nitrogens is 1. The minimum absolute atomic E-state index is 0.0768. The number of nitrogen functional groups attached to an aromatic ring is 1. The van der Waals surface area contributed by atoms with Crippen LogP contribution in [-0.2, 0) is 0 Å². The van der Waals surface area contributed by atoms with Crippen molar-refractivity contribution in [3.8, 4) is 0 Å². The van der Waals surface area contributed by atoms with Crippen molar-refractivity contribution in [1.82, 2.24) is 20.0 Å². The third-order valence-electron chi connectivity index (χ3n) is 3.10. The minimum atomic E-state index is -0.704.